The monoisotopic (exact) mass is 256 g/mol. The van der Waals surface area contributed by atoms with E-state index in [4.69, 9.17) is 0 Å². The summed E-state index contributed by atoms with van der Waals surface area (Å²) in [5.41, 5.74) is 3.45. The molecule has 0 aliphatic carbocycles. The van der Waals surface area contributed by atoms with Crippen molar-refractivity contribution in [2.75, 3.05) is 0 Å². The van der Waals surface area contributed by atoms with Gasteiger partial charge in [0.1, 0.15) is 0 Å². The van der Waals surface area contributed by atoms with E-state index in [1.54, 1.807) is 0 Å². The van der Waals surface area contributed by atoms with E-state index < -0.39 is 16.1 Å². The molecule has 0 fully saturated rings. The fraction of sp³-hybridized carbons (Fsp3) is 0.857. The Bertz CT molecular complexity index is 206. The van der Waals surface area contributed by atoms with Crippen molar-refractivity contribution in [2.24, 2.45) is 0 Å². The number of hydrogen-bond donors (Lipinski definition) is 0. The lowest BCUT2D eigenvalue weighted by Gasteiger charge is -2.27. The molecule has 0 radical (unpaired) electrons. The van der Waals surface area contributed by atoms with Gasteiger partial charge in [0.05, 0.1) is 16.1 Å². The summed E-state index contributed by atoms with van der Waals surface area (Å²) < 4.78 is 0. The lowest BCUT2D eigenvalue weighted by atomic mass is 10.1. The zero-order valence-electron chi connectivity index (χ0n) is 12.6. The molecule has 0 rings (SSSR count). The van der Waals surface area contributed by atoms with Gasteiger partial charge in [-0.25, -0.2) is 0 Å². The normalized spacial score (nSPS) is 15.7. The van der Waals surface area contributed by atoms with Crippen molar-refractivity contribution in [1.29, 1.82) is 0 Å². The van der Waals surface area contributed by atoms with Gasteiger partial charge in [0.15, 0.2) is 0 Å². The van der Waals surface area contributed by atoms with E-state index in [9.17, 15) is 0 Å². The molecular weight excluding hydrogens is 224 g/mol. The van der Waals surface area contributed by atoms with Crippen LogP contribution in [0.2, 0.25) is 44.8 Å². The van der Waals surface area contributed by atoms with Crippen LogP contribution in [-0.4, -0.2) is 16.1 Å². The maximum Gasteiger partial charge on any atom is 0.0682 e. The molecule has 0 bridgehead atoms. The third kappa shape index (κ3) is 8.34. The molecule has 0 N–H and O–H groups in total. The van der Waals surface area contributed by atoms with E-state index in [1.165, 1.54) is 25.7 Å². The standard InChI is InChI=1S/C14H32Si2/c1-8-9-10-11-14(16(5,6)7)12-13-15(2,3)4/h12-14H,8-11H2,1-7H3/b13-12+. The second kappa shape index (κ2) is 6.80. The Morgan fingerprint density at radius 2 is 1.50 bits per heavy atom. The Balaban J connectivity index is 4.39. The molecule has 0 aliphatic heterocycles. The number of allylic oxidation sites excluding steroid dienone is 1. The first-order chi connectivity index (χ1) is 7.17. The molecule has 1 atom stereocenters. The van der Waals surface area contributed by atoms with E-state index in [0.717, 1.165) is 5.54 Å². The fourth-order valence-corrected chi connectivity index (χ4v) is 4.58. The summed E-state index contributed by atoms with van der Waals surface area (Å²) in [4.78, 5) is 0. The predicted octanol–water partition coefficient (Wildman–Crippen LogP) is 5.71. The molecule has 0 aromatic heterocycles. The van der Waals surface area contributed by atoms with Crippen molar-refractivity contribution >= 4 is 16.1 Å². The summed E-state index contributed by atoms with van der Waals surface area (Å²) in [6.07, 6.45) is 8.16. The van der Waals surface area contributed by atoms with Crippen LogP contribution < -0.4 is 0 Å². The number of unbranched alkanes of at least 4 members (excludes halogenated alkanes) is 2. The minimum Gasteiger partial charge on any atom is -0.0989 e. The highest BCUT2D eigenvalue weighted by molar-refractivity contribution is 6.81. The average molecular weight is 257 g/mol. The van der Waals surface area contributed by atoms with Crippen molar-refractivity contribution < 1.29 is 0 Å². The second-order valence-corrected chi connectivity index (χ2v) is 17.7. The number of hydrogen-bond acceptors (Lipinski definition) is 0. The smallest absolute Gasteiger partial charge is 0.0682 e. The molecule has 2 heteroatoms. The molecule has 0 heterocycles. The predicted molar refractivity (Wildman–Crippen MR) is 83.7 cm³/mol. The lowest BCUT2D eigenvalue weighted by Crippen LogP contribution is -2.28. The van der Waals surface area contributed by atoms with Crippen molar-refractivity contribution in [3.8, 4) is 0 Å². The number of rotatable bonds is 7. The summed E-state index contributed by atoms with van der Waals surface area (Å²) in [7, 11) is -2.01. The topological polar surface area (TPSA) is 0 Å². The molecule has 0 aromatic rings. The van der Waals surface area contributed by atoms with Crippen LogP contribution in [0.15, 0.2) is 11.8 Å². The van der Waals surface area contributed by atoms with Crippen molar-refractivity contribution in [3.63, 3.8) is 0 Å². The Labute approximate surface area is 106 Å². The van der Waals surface area contributed by atoms with Gasteiger partial charge in [0.25, 0.3) is 0 Å². The molecular formula is C14H32Si2. The summed E-state index contributed by atoms with van der Waals surface area (Å²) in [5.74, 6) is 0. The SMILES string of the molecule is CCCCCC(/C=C/[Si](C)(C)C)[Si](C)(C)C. The van der Waals surface area contributed by atoms with Crippen molar-refractivity contribution in [1.82, 2.24) is 0 Å². The first-order valence-corrected chi connectivity index (χ1v) is 14.0. The van der Waals surface area contributed by atoms with Crippen LogP contribution in [0.3, 0.4) is 0 Å². The summed E-state index contributed by atoms with van der Waals surface area (Å²) in [6, 6.07) is 0. The van der Waals surface area contributed by atoms with E-state index in [-0.39, 0.29) is 0 Å². The van der Waals surface area contributed by atoms with Crippen LogP contribution in [0, 0.1) is 0 Å². The molecule has 0 nitrogen and oxygen atoms in total. The Morgan fingerprint density at radius 1 is 0.938 bits per heavy atom. The summed E-state index contributed by atoms with van der Waals surface area (Å²) in [5, 5.41) is 0. The van der Waals surface area contributed by atoms with Gasteiger partial charge in [-0.3, -0.25) is 0 Å². The minimum atomic E-state index is -1.00. The van der Waals surface area contributed by atoms with Crippen LogP contribution in [0.5, 0.6) is 0 Å². The Hall–Kier alpha value is 0.174. The minimum absolute atomic E-state index is 0.894. The van der Waals surface area contributed by atoms with Crippen LogP contribution in [0.25, 0.3) is 0 Å². The largest absolute Gasteiger partial charge is 0.0989 e. The maximum absolute atomic E-state index is 2.58. The maximum atomic E-state index is 2.58. The van der Waals surface area contributed by atoms with Crippen LogP contribution in [-0.2, 0) is 0 Å². The van der Waals surface area contributed by atoms with Gasteiger partial charge in [0, 0.05) is 0 Å². The molecule has 96 valence electrons. The molecule has 16 heavy (non-hydrogen) atoms. The van der Waals surface area contributed by atoms with Gasteiger partial charge in [0.2, 0.25) is 0 Å². The highest BCUT2D eigenvalue weighted by atomic mass is 28.3. The molecule has 0 saturated carbocycles. The van der Waals surface area contributed by atoms with E-state index in [2.05, 4.69) is 58.0 Å². The Morgan fingerprint density at radius 3 is 1.88 bits per heavy atom. The molecule has 1 unspecified atom stereocenters. The molecule has 0 aliphatic rings. The summed E-state index contributed by atoms with van der Waals surface area (Å²) >= 11 is 0. The van der Waals surface area contributed by atoms with Gasteiger partial charge in [-0.2, -0.15) is 0 Å². The molecule has 0 aromatic carbocycles. The van der Waals surface area contributed by atoms with E-state index in [1.807, 2.05) is 0 Å². The second-order valence-electron chi connectivity index (χ2n) is 7.19. The lowest BCUT2D eigenvalue weighted by molar-refractivity contribution is 0.666. The summed E-state index contributed by atoms with van der Waals surface area (Å²) in [6.45, 7) is 17.1. The third-order valence-electron chi connectivity index (χ3n) is 3.06. The highest BCUT2D eigenvalue weighted by Crippen LogP contribution is 2.29. The zero-order chi connectivity index (χ0) is 12.8. The van der Waals surface area contributed by atoms with Crippen LogP contribution >= 0.6 is 0 Å². The first-order valence-electron chi connectivity index (χ1n) is 6.86. The van der Waals surface area contributed by atoms with Gasteiger partial charge >= 0.3 is 0 Å². The zero-order valence-corrected chi connectivity index (χ0v) is 14.6. The Kier molecular flexibility index (Phi) is 6.87. The fourth-order valence-electron chi connectivity index (χ4n) is 1.84. The van der Waals surface area contributed by atoms with Gasteiger partial charge in [-0.15, -0.1) is 0 Å². The average Bonchev–Trinajstić information content (AvgIpc) is 2.07. The molecule has 0 saturated heterocycles. The van der Waals surface area contributed by atoms with Crippen LogP contribution in [0.1, 0.15) is 32.6 Å². The first kappa shape index (κ1) is 16.2. The van der Waals surface area contributed by atoms with E-state index >= 15 is 0 Å². The van der Waals surface area contributed by atoms with Gasteiger partial charge in [-0.05, 0) is 12.0 Å². The molecule has 0 spiro atoms. The van der Waals surface area contributed by atoms with Crippen molar-refractivity contribution in [2.45, 2.75) is 77.4 Å². The molecule has 0 amide bonds. The van der Waals surface area contributed by atoms with Crippen molar-refractivity contribution in [3.05, 3.63) is 11.8 Å². The third-order valence-corrected chi connectivity index (χ3v) is 6.96. The van der Waals surface area contributed by atoms with E-state index in [0.29, 0.717) is 0 Å². The highest BCUT2D eigenvalue weighted by Gasteiger charge is 2.24. The van der Waals surface area contributed by atoms with Crippen LogP contribution in [0.4, 0.5) is 0 Å². The van der Waals surface area contributed by atoms with Gasteiger partial charge < -0.3 is 0 Å². The quantitative estimate of drug-likeness (QED) is 0.404. The van der Waals surface area contributed by atoms with Gasteiger partial charge in [-0.1, -0.05) is 77.2 Å².